The third kappa shape index (κ3) is 2.99. The highest BCUT2D eigenvalue weighted by Crippen LogP contribution is 2.32. The number of rotatable bonds is 4. The third-order valence-electron chi connectivity index (χ3n) is 3.49. The first-order valence-electron chi connectivity index (χ1n) is 5.94. The standard InChI is InChI=1S/C13H17BrN2S/c1-8(9-3-2-4-9)16-12-6-5-10(14)7-11(12)13(15)17/h5-9,16H,2-4H2,1H3,(H2,15,17). The molecule has 0 saturated heterocycles. The van der Waals surface area contributed by atoms with E-state index in [1.165, 1.54) is 19.3 Å². The zero-order valence-electron chi connectivity index (χ0n) is 9.87. The summed E-state index contributed by atoms with van der Waals surface area (Å²) in [5, 5.41) is 3.53. The van der Waals surface area contributed by atoms with Gasteiger partial charge in [-0.3, -0.25) is 0 Å². The van der Waals surface area contributed by atoms with E-state index < -0.39 is 0 Å². The fraction of sp³-hybridized carbons (Fsp3) is 0.462. The lowest BCUT2D eigenvalue weighted by Crippen LogP contribution is -2.31. The van der Waals surface area contributed by atoms with Crippen LogP contribution in [0, 0.1) is 5.92 Å². The van der Waals surface area contributed by atoms with E-state index in [1.54, 1.807) is 0 Å². The molecule has 1 aromatic carbocycles. The number of halogens is 1. The summed E-state index contributed by atoms with van der Waals surface area (Å²) in [5.41, 5.74) is 7.71. The van der Waals surface area contributed by atoms with Crippen LogP contribution in [0.15, 0.2) is 22.7 Å². The molecule has 17 heavy (non-hydrogen) atoms. The molecule has 1 saturated carbocycles. The van der Waals surface area contributed by atoms with E-state index in [0.717, 1.165) is 21.6 Å². The van der Waals surface area contributed by atoms with Crippen molar-refractivity contribution in [2.24, 2.45) is 11.7 Å². The molecule has 0 bridgehead atoms. The van der Waals surface area contributed by atoms with Crippen LogP contribution in [0.3, 0.4) is 0 Å². The van der Waals surface area contributed by atoms with Crippen molar-refractivity contribution in [3.63, 3.8) is 0 Å². The van der Waals surface area contributed by atoms with Gasteiger partial charge in [0.15, 0.2) is 0 Å². The molecular formula is C13H17BrN2S. The molecule has 1 aliphatic rings. The Hall–Kier alpha value is -0.610. The molecule has 1 aromatic rings. The molecule has 4 heteroatoms. The number of hydrogen-bond donors (Lipinski definition) is 2. The zero-order valence-corrected chi connectivity index (χ0v) is 12.3. The number of nitrogens with two attached hydrogens (primary N) is 1. The van der Waals surface area contributed by atoms with Gasteiger partial charge in [0.2, 0.25) is 0 Å². The van der Waals surface area contributed by atoms with E-state index >= 15 is 0 Å². The molecular weight excluding hydrogens is 296 g/mol. The number of anilines is 1. The van der Waals surface area contributed by atoms with Crippen LogP contribution in [-0.4, -0.2) is 11.0 Å². The van der Waals surface area contributed by atoms with Gasteiger partial charge in [-0.15, -0.1) is 0 Å². The van der Waals surface area contributed by atoms with E-state index in [4.69, 9.17) is 18.0 Å². The fourth-order valence-electron chi connectivity index (χ4n) is 2.15. The van der Waals surface area contributed by atoms with E-state index in [9.17, 15) is 0 Å². The van der Waals surface area contributed by atoms with Gasteiger partial charge in [0, 0.05) is 21.8 Å². The predicted molar refractivity (Wildman–Crippen MR) is 80.5 cm³/mol. The maximum absolute atomic E-state index is 5.75. The monoisotopic (exact) mass is 312 g/mol. The number of thiocarbonyl (C=S) groups is 1. The molecule has 2 rings (SSSR count). The molecule has 2 nitrogen and oxygen atoms in total. The largest absolute Gasteiger partial charge is 0.389 e. The van der Waals surface area contributed by atoms with Gasteiger partial charge in [0.1, 0.15) is 4.99 Å². The number of benzene rings is 1. The maximum atomic E-state index is 5.75. The van der Waals surface area contributed by atoms with Gasteiger partial charge in [0.25, 0.3) is 0 Å². The van der Waals surface area contributed by atoms with Crippen LogP contribution in [0.1, 0.15) is 31.7 Å². The van der Waals surface area contributed by atoms with Gasteiger partial charge in [0.05, 0.1) is 0 Å². The van der Waals surface area contributed by atoms with Crippen LogP contribution >= 0.6 is 28.1 Å². The van der Waals surface area contributed by atoms with Gasteiger partial charge in [-0.2, -0.15) is 0 Å². The lowest BCUT2D eigenvalue weighted by Gasteiger charge is -2.33. The minimum atomic E-state index is 0.439. The molecule has 0 radical (unpaired) electrons. The van der Waals surface area contributed by atoms with Crippen molar-refractivity contribution < 1.29 is 0 Å². The lowest BCUT2D eigenvalue weighted by atomic mass is 9.80. The number of nitrogens with one attached hydrogen (secondary N) is 1. The van der Waals surface area contributed by atoms with Crippen LogP contribution in [0.2, 0.25) is 0 Å². The predicted octanol–water partition coefficient (Wildman–Crippen LogP) is 3.68. The SMILES string of the molecule is CC(Nc1ccc(Br)cc1C(N)=S)C1CCC1. The highest BCUT2D eigenvalue weighted by Gasteiger charge is 2.24. The Kier molecular flexibility index (Phi) is 4.05. The van der Waals surface area contributed by atoms with Gasteiger partial charge in [-0.25, -0.2) is 0 Å². The molecule has 1 fully saturated rings. The quantitative estimate of drug-likeness (QED) is 0.833. The van der Waals surface area contributed by atoms with E-state index in [2.05, 4.69) is 28.2 Å². The smallest absolute Gasteiger partial charge is 0.106 e. The summed E-state index contributed by atoms with van der Waals surface area (Å²) in [6.45, 7) is 2.23. The molecule has 1 aliphatic carbocycles. The summed E-state index contributed by atoms with van der Waals surface area (Å²) in [5.74, 6) is 0.790. The molecule has 0 amide bonds. The second-order valence-electron chi connectivity index (χ2n) is 4.68. The van der Waals surface area contributed by atoms with Crippen LogP contribution in [0.5, 0.6) is 0 Å². The van der Waals surface area contributed by atoms with Crippen LogP contribution in [0.25, 0.3) is 0 Å². The summed E-state index contributed by atoms with van der Waals surface area (Å²) in [6.07, 6.45) is 4.01. The van der Waals surface area contributed by atoms with Crippen molar-refractivity contribution in [1.82, 2.24) is 0 Å². The third-order valence-corrected chi connectivity index (χ3v) is 4.20. The highest BCUT2D eigenvalue weighted by atomic mass is 79.9. The zero-order chi connectivity index (χ0) is 12.4. The van der Waals surface area contributed by atoms with Gasteiger partial charge in [-0.05, 0) is 43.9 Å². The van der Waals surface area contributed by atoms with Crippen LogP contribution in [0.4, 0.5) is 5.69 Å². The van der Waals surface area contributed by atoms with Crippen molar-refractivity contribution in [2.45, 2.75) is 32.2 Å². The molecule has 0 spiro atoms. The number of hydrogen-bond acceptors (Lipinski definition) is 2. The van der Waals surface area contributed by atoms with E-state index in [1.807, 2.05) is 18.2 Å². The Morgan fingerprint density at radius 2 is 2.24 bits per heavy atom. The van der Waals surface area contributed by atoms with Crippen molar-refractivity contribution in [3.8, 4) is 0 Å². The Morgan fingerprint density at radius 3 is 2.76 bits per heavy atom. The summed E-state index contributed by atoms with van der Waals surface area (Å²) in [7, 11) is 0. The average molecular weight is 313 g/mol. The second kappa shape index (κ2) is 5.36. The van der Waals surface area contributed by atoms with Crippen molar-refractivity contribution in [1.29, 1.82) is 0 Å². The van der Waals surface area contributed by atoms with Crippen molar-refractivity contribution in [2.75, 3.05) is 5.32 Å². The van der Waals surface area contributed by atoms with Crippen LogP contribution in [-0.2, 0) is 0 Å². The molecule has 0 aromatic heterocycles. The summed E-state index contributed by atoms with van der Waals surface area (Å²) < 4.78 is 1.00. The highest BCUT2D eigenvalue weighted by molar-refractivity contribution is 9.10. The minimum absolute atomic E-state index is 0.439. The minimum Gasteiger partial charge on any atom is -0.389 e. The first-order chi connectivity index (χ1) is 8.08. The Balaban J connectivity index is 2.16. The summed E-state index contributed by atoms with van der Waals surface area (Å²) >= 11 is 8.53. The molecule has 1 atom stereocenters. The molecule has 1 unspecified atom stereocenters. The van der Waals surface area contributed by atoms with Gasteiger partial charge >= 0.3 is 0 Å². The fourth-order valence-corrected chi connectivity index (χ4v) is 2.68. The second-order valence-corrected chi connectivity index (χ2v) is 6.03. The lowest BCUT2D eigenvalue weighted by molar-refractivity contribution is 0.285. The molecule has 0 aliphatic heterocycles. The molecule has 0 heterocycles. The Bertz CT molecular complexity index is 429. The van der Waals surface area contributed by atoms with E-state index in [0.29, 0.717) is 11.0 Å². The van der Waals surface area contributed by atoms with Gasteiger partial charge in [-0.1, -0.05) is 34.6 Å². The van der Waals surface area contributed by atoms with Crippen LogP contribution < -0.4 is 11.1 Å². The Morgan fingerprint density at radius 1 is 1.53 bits per heavy atom. The normalized spacial score (nSPS) is 17.3. The topological polar surface area (TPSA) is 38.0 Å². The maximum Gasteiger partial charge on any atom is 0.106 e. The summed E-state index contributed by atoms with van der Waals surface area (Å²) in [6, 6.07) is 6.50. The Labute approximate surface area is 116 Å². The summed E-state index contributed by atoms with van der Waals surface area (Å²) in [4.78, 5) is 0.439. The molecule has 3 N–H and O–H groups in total. The van der Waals surface area contributed by atoms with Crippen molar-refractivity contribution >= 4 is 38.8 Å². The van der Waals surface area contributed by atoms with E-state index in [-0.39, 0.29) is 0 Å². The van der Waals surface area contributed by atoms with Gasteiger partial charge < -0.3 is 11.1 Å². The average Bonchev–Trinajstić information content (AvgIpc) is 2.17. The van der Waals surface area contributed by atoms with Crippen molar-refractivity contribution in [3.05, 3.63) is 28.2 Å². The first kappa shape index (κ1) is 12.8. The first-order valence-corrected chi connectivity index (χ1v) is 7.14. The molecule has 92 valence electrons.